The van der Waals surface area contributed by atoms with E-state index in [0.717, 1.165) is 30.0 Å². The van der Waals surface area contributed by atoms with Crippen LogP contribution in [0.4, 0.5) is 11.4 Å². The number of ether oxygens (including phenoxy) is 1. The number of anilines is 2. The number of aryl methyl sites for hydroxylation is 1. The summed E-state index contributed by atoms with van der Waals surface area (Å²) in [7, 11) is 0. The third-order valence-electron chi connectivity index (χ3n) is 2.96. The lowest BCUT2D eigenvalue weighted by molar-refractivity contribution is 0.00357. The summed E-state index contributed by atoms with van der Waals surface area (Å²) in [4.78, 5) is 2.22. The zero-order valence-electron chi connectivity index (χ0n) is 9.52. The molecular formula is C12H18N2O2. The van der Waals surface area contributed by atoms with Crippen LogP contribution < -0.4 is 10.6 Å². The predicted octanol–water partition coefficient (Wildman–Crippen LogP) is 0.775. The van der Waals surface area contributed by atoms with E-state index in [4.69, 9.17) is 15.6 Å². The molecule has 2 rings (SSSR count). The van der Waals surface area contributed by atoms with Crippen molar-refractivity contribution in [2.24, 2.45) is 0 Å². The molecule has 1 atom stereocenters. The zero-order valence-corrected chi connectivity index (χ0v) is 9.52. The van der Waals surface area contributed by atoms with Crippen molar-refractivity contribution >= 4 is 11.4 Å². The first-order chi connectivity index (χ1) is 7.70. The van der Waals surface area contributed by atoms with Gasteiger partial charge in [-0.3, -0.25) is 0 Å². The average molecular weight is 222 g/mol. The molecule has 1 unspecified atom stereocenters. The lowest BCUT2D eigenvalue weighted by Crippen LogP contribution is -2.44. The molecule has 0 amide bonds. The molecule has 1 aromatic rings. The second-order valence-electron chi connectivity index (χ2n) is 4.16. The Kier molecular flexibility index (Phi) is 3.31. The lowest BCUT2D eigenvalue weighted by atomic mass is 10.1. The van der Waals surface area contributed by atoms with Gasteiger partial charge in [0, 0.05) is 24.5 Å². The minimum absolute atomic E-state index is 0.0739. The first-order valence-corrected chi connectivity index (χ1v) is 5.54. The van der Waals surface area contributed by atoms with Crippen molar-refractivity contribution in [1.29, 1.82) is 0 Å². The Labute approximate surface area is 95.6 Å². The molecule has 0 bridgehead atoms. The molecule has 3 N–H and O–H groups in total. The van der Waals surface area contributed by atoms with Crippen LogP contribution >= 0.6 is 0 Å². The van der Waals surface area contributed by atoms with E-state index in [-0.39, 0.29) is 12.7 Å². The fourth-order valence-electron chi connectivity index (χ4n) is 1.92. The Balaban J connectivity index is 2.13. The number of nitrogen functional groups attached to an aromatic ring is 1. The number of benzene rings is 1. The third-order valence-corrected chi connectivity index (χ3v) is 2.96. The van der Waals surface area contributed by atoms with Gasteiger partial charge in [-0.1, -0.05) is 0 Å². The maximum absolute atomic E-state index is 9.08. The van der Waals surface area contributed by atoms with Crippen LogP contribution in [0.15, 0.2) is 18.2 Å². The number of morpholine rings is 1. The highest BCUT2D eigenvalue weighted by atomic mass is 16.5. The number of hydrogen-bond acceptors (Lipinski definition) is 4. The molecule has 0 spiro atoms. The molecule has 88 valence electrons. The molecule has 4 nitrogen and oxygen atoms in total. The number of aliphatic hydroxyl groups is 1. The van der Waals surface area contributed by atoms with E-state index >= 15 is 0 Å². The van der Waals surface area contributed by atoms with Crippen LogP contribution in [0, 0.1) is 6.92 Å². The van der Waals surface area contributed by atoms with Gasteiger partial charge in [0.2, 0.25) is 0 Å². The van der Waals surface area contributed by atoms with Gasteiger partial charge in [-0.05, 0) is 30.7 Å². The normalized spacial score (nSPS) is 21.1. The topological polar surface area (TPSA) is 58.7 Å². The van der Waals surface area contributed by atoms with E-state index in [1.807, 2.05) is 19.1 Å². The van der Waals surface area contributed by atoms with Gasteiger partial charge in [-0.2, -0.15) is 0 Å². The van der Waals surface area contributed by atoms with Gasteiger partial charge in [-0.15, -0.1) is 0 Å². The highest BCUT2D eigenvalue weighted by Crippen LogP contribution is 2.22. The summed E-state index contributed by atoms with van der Waals surface area (Å²) < 4.78 is 5.42. The van der Waals surface area contributed by atoms with Gasteiger partial charge in [0.05, 0.1) is 19.3 Å². The molecule has 1 aliphatic rings. The summed E-state index contributed by atoms with van der Waals surface area (Å²) in [5.74, 6) is 0. The number of hydrogen-bond donors (Lipinski definition) is 2. The minimum Gasteiger partial charge on any atom is -0.399 e. The highest BCUT2D eigenvalue weighted by Gasteiger charge is 2.19. The highest BCUT2D eigenvalue weighted by molar-refractivity contribution is 5.58. The maximum atomic E-state index is 9.08. The fraction of sp³-hybridized carbons (Fsp3) is 0.500. The van der Waals surface area contributed by atoms with Crippen LogP contribution in [0.1, 0.15) is 5.56 Å². The van der Waals surface area contributed by atoms with Crippen molar-refractivity contribution in [2.75, 3.05) is 36.9 Å². The van der Waals surface area contributed by atoms with Crippen molar-refractivity contribution in [3.63, 3.8) is 0 Å². The Bertz CT molecular complexity index is 368. The molecule has 0 saturated carbocycles. The maximum Gasteiger partial charge on any atom is 0.0980 e. The minimum atomic E-state index is -0.0772. The number of aliphatic hydroxyl groups excluding tert-OH is 1. The summed E-state index contributed by atoms with van der Waals surface area (Å²) >= 11 is 0. The van der Waals surface area contributed by atoms with Crippen molar-refractivity contribution in [3.05, 3.63) is 23.8 Å². The molecule has 1 aromatic carbocycles. The Morgan fingerprint density at radius 3 is 3.06 bits per heavy atom. The lowest BCUT2D eigenvalue weighted by Gasteiger charge is -2.34. The van der Waals surface area contributed by atoms with E-state index in [2.05, 4.69) is 11.0 Å². The molecule has 1 heterocycles. The summed E-state index contributed by atoms with van der Waals surface area (Å²) in [6.07, 6.45) is -0.0772. The van der Waals surface area contributed by atoms with Gasteiger partial charge >= 0.3 is 0 Å². The number of rotatable bonds is 2. The van der Waals surface area contributed by atoms with E-state index in [0.29, 0.717) is 6.61 Å². The predicted molar refractivity (Wildman–Crippen MR) is 64.6 cm³/mol. The monoisotopic (exact) mass is 222 g/mol. The van der Waals surface area contributed by atoms with Crippen LogP contribution in [-0.2, 0) is 4.74 Å². The second kappa shape index (κ2) is 4.72. The number of nitrogens with two attached hydrogens (primary N) is 1. The first kappa shape index (κ1) is 11.2. The van der Waals surface area contributed by atoms with Crippen molar-refractivity contribution < 1.29 is 9.84 Å². The molecule has 1 fully saturated rings. The molecule has 16 heavy (non-hydrogen) atoms. The van der Waals surface area contributed by atoms with Gasteiger partial charge in [-0.25, -0.2) is 0 Å². The van der Waals surface area contributed by atoms with Crippen LogP contribution in [-0.4, -0.2) is 37.5 Å². The van der Waals surface area contributed by atoms with Crippen LogP contribution in [0.25, 0.3) is 0 Å². The second-order valence-corrected chi connectivity index (χ2v) is 4.16. The fourth-order valence-corrected chi connectivity index (χ4v) is 1.92. The van der Waals surface area contributed by atoms with Gasteiger partial charge < -0.3 is 20.5 Å². The smallest absolute Gasteiger partial charge is 0.0980 e. The third kappa shape index (κ3) is 2.28. The molecule has 1 saturated heterocycles. The Hall–Kier alpha value is -1.26. The molecule has 1 aliphatic heterocycles. The molecule has 0 aromatic heterocycles. The quantitative estimate of drug-likeness (QED) is 0.726. The summed E-state index contributed by atoms with van der Waals surface area (Å²) in [6, 6.07) is 6.02. The molecule has 0 radical (unpaired) electrons. The SMILES string of the molecule is Cc1cc(N2CCOC(CO)C2)ccc1N. The standard InChI is InChI=1S/C12H18N2O2/c1-9-6-10(2-3-12(9)13)14-4-5-16-11(7-14)8-15/h2-3,6,11,15H,4-5,7-8,13H2,1H3. The van der Waals surface area contributed by atoms with Crippen molar-refractivity contribution in [1.82, 2.24) is 0 Å². The van der Waals surface area contributed by atoms with E-state index in [9.17, 15) is 0 Å². The summed E-state index contributed by atoms with van der Waals surface area (Å²) in [5.41, 5.74) is 8.84. The molecular weight excluding hydrogens is 204 g/mol. The van der Waals surface area contributed by atoms with Crippen molar-refractivity contribution in [2.45, 2.75) is 13.0 Å². The van der Waals surface area contributed by atoms with E-state index < -0.39 is 0 Å². The average Bonchev–Trinajstić information content (AvgIpc) is 2.33. The van der Waals surface area contributed by atoms with E-state index in [1.165, 1.54) is 0 Å². The number of nitrogens with zero attached hydrogens (tertiary/aromatic N) is 1. The molecule has 4 heteroatoms. The van der Waals surface area contributed by atoms with E-state index in [1.54, 1.807) is 0 Å². The van der Waals surface area contributed by atoms with Crippen molar-refractivity contribution in [3.8, 4) is 0 Å². The van der Waals surface area contributed by atoms with Gasteiger partial charge in [0.15, 0.2) is 0 Å². The largest absolute Gasteiger partial charge is 0.399 e. The Morgan fingerprint density at radius 1 is 1.56 bits per heavy atom. The zero-order chi connectivity index (χ0) is 11.5. The molecule has 0 aliphatic carbocycles. The van der Waals surface area contributed by atoms with Crippen LogP contribution in [0.3, 0.4) is 0 Å². The van der Waals surface area contributed by atoms with Gasteiger partial charge in [0.25, 0.3) is 0 Å². The van der Waals surface area contributed by atoms with Gasteiger partial charge in [0.1, 0.15) is 0 Å². The van der Waals surface area contributed by atoms with Crippen LogP contribution in [0.2, 0.25) is 0 Å². The Morgan fingerprint density at radius 2 is 2.38 bits per heavy atom. The van der Waals surface area contributed by atoms with Crippen LogP contribution in [0.5, 0.6) is 0 Å². The summed E-state index contributed by atoms with van der Waals surface area (Å²) in [6.45, 7) is 4.33. The summed E-state index contributed by atoms with van der Waals surface area (Å²) in [5, 5.41) is 9.08. The first-order valence-electron chi connectivity index (χ1n) is 5.54.